The Labute approximate surface area is 226 Å². The van der Waals surface area contributed by atoms with Crippen LogP contribution < -0.4 is 9.47 Å². The fraction of sp³-hybridized carbons (Fsp3) is 0.484. The minimum Gasteiger partial charge on any atom is -0.507 e. The molecular weight excluding hydrogens is 480 g/mol. The van der Waals surface area contributed by atoms with E-state index in [9.17, 15) is 14.7 Å². The zero-order valence-electron chi connectivity index (χ0n) is 23.0. The SMILES string of the molecule is CCCCOc1ccc([C@@H]2C(=C(O)c3ccc4c(c3)C[C@@H](C)O4)C(=O)C(=O)N2CCCN(CC)CC)cc1. The summed E-state index contributed by atoms with van der Waals surface area (Å²) >= 11 is 0. The Kier molecular flexibility index (Phi) is 9.10. The second kappa shape index (κ2) is 12.5. The molecule has 1 N–H and O–H groups in total. The number of unbranched alkanes of at least 4 members (excludes halogenated alkanes) is 1. The van der Waals surface area contributed by atoms with Gasteiger partial charge in [0.05, 0.1) is 18.2 Å². The fourth-order valence-electron chi connectivity index (χ4n) is 5.27. The molecule has 1 amide bonds. The molecule has 38 heavy (non-hydrogen) atoms. The van der Waals surface area contributed by atoms with Gasteiger partial charge in [-0.1, -0.05) is 39.3 Å². The lowest BCUT2D eigenvalue weighted by Crippen LogP contribution is -2.33. The van der Waals surface area contributed by atoms with Crippen molar-refractivity contribution in [1.29, 1.82) is 0 Å². The molecule has 0 bridgehead atoms. The lowest BCUT2D eigenvalue weighted by Gasteiger charge is -2.27. The highest BCUT2D eigenvalue weighted by Gasteiger charge is 2.46. The van der Waals surface area contributed by atoms with E-state index in [0.717, 1.165) is 67.9 Å². The van der Waals surface area contributed by atoms with Crippen LogP contribution in [0.3, 0.4) is 0 Å². The summed E-state index contributed by atoms with van der Waals surface area (Å²) in [5, 5.41) is 11.4. The van der Waals surface area contributed by atoms with E-state index >= 15 is 0 Å². The van der Waals surface area contributed by atoms with Gasteiger partial charge in [0.2, 0.25) is 0 Å². The molecule has 0 radical (unpaired) electrons. The minimum absolute atomic E-state index is 0.0665. The zero-order valence-corrected chi connectivity index (χ0v) is 23.0. The van der Waals surface area contributed by atoms with Crippen molar-refractivity contribution in [2.45, 2.75) is 65.5 Å². The normalized spacial score (nSPS) is 20.2. The summed E-state index contributed by atoms with van der Waals surface area (Å²) in [5.41, 5.74) is 2.41. The molecule has 0 aromatic heterocycles. The number of likely N-dealkylation sites (tertiary alicyclic amines) is 1. The molecule has 204 valence electrons. The van der Waals surface area contributed by atoms with Gasteiger partial charge in [0, 0.05) is 18.5 Å². The van der Waals surface area contributed by atoms with Crippen LogP contribution in [0.5, 0.6) is 11.5 Å². The minimum atomic E-state index is -0.667. The molecule has 7 heteroatoms. The number of carbonyl (C=O) groups excluding carboxylic acids is 2. The molecule has 2 aromatic rings. The predicted molar refractivity (Wildman–Crippen MR) is 148 cm³/mol. The number of Topliss-reactive ketones (excluding diaryl/α,β-unsaturated/α-hetero) is 1. The molecule has 0 spiro atoms. The molecule has 1 fully saturated rings. The van der Waals surface area contributed by atoms with Crippen LogP contribution in [0.1, 0.15) is 69.7 Å². The van der Waals surface area contributed by atoms with Crippen LogP contribution in [0.25, 0.3) is 5.76 Å². The smallest absolute Gasteiger partial charge is 0.295 e. The number of rotatable bonds is 12. The first-order valence-electron chi connectivity index (χ1n) is 13.9. The van der Waals surface area contributed by atoms with Crippen molar-refractivity contribution in [1.82, 2.24) is 9.80 Å². The number of fused-ring (bicyclic) bond motifs is 1. The highest BCUT2D eigenvalue weighted by Crippen LogP contribution is 2.41. The van der Waals surface area contributed by atoms with E-state index in [0.29, 0.717) is 18.7 Å². The monoisotopic (exact) mass is 520 g/mol. The van der Waals surface area contributed by atoms with Gasteiger partial charge in [0.1, 0.15) is 23.4 Å². The third-order valence-corrected chi connectivity index (χ3v) is 7.44. The van der Waals surface area contributed by atoms with Gasteiger partial charge in [-0.2, -0.15) is 0 Å². The van der Waals surface area contributed by atoms with Gasteiger partial charge in [0.15, 0.2) is 0 Å². The first kappa shape index (κ1) is 27.7. The van der Waals surface area contributed by atoms with Gasteiger partial charge in [-0.05, 0) is 80.9 Å². The Bertz CT molecular complexity index is 1170. The largest absolute Gasteiger partial charge is 0.507 e. The lowest BCUT2D eigenvalue weighted by atomic mass is 9.94. The Morgan fingerprint density at radius 2 is 1.82 bits per heavy atom. The van der Waals surface area contributed by atoms with Crippen LogP contribution in [0.4, 0.5) is 0 Å². The predicted octanol–water partition coefficient (Wildman–Crippen LogP) is 5.34. The number of nitrogens with zero attached hydrogens (tertiary/aromatic N) is 2. The number of ketones is 1. The summed E-state index contributed by atoms with van der Waals surface area (Å²) in [6.45, 7) is 12.1. The molecule has 2 atom stereocenters. The number of hydrogen-bond acceptors (Lipinski definition) is 6. The number of hydrogen-bond donors (Lipinski definition) is 1. The highest BCUT2D eigenvalue weighted by molar-refractivity contribution is 6.46. The number of aliphatic hydroxyl groups is 1. The van der Waals surface area contributed by atoms with Crippen LogP contribution in [-0.4, -0.2) is 65.5 Å². The maximum Gasteiger partial charge on any atom is 0.295 e. The summed E-state index contributed by atoms with van der Waals surface area (Å²) in [4.78, 5) is 30.6. The van der Waals surface area contributed by atoms with Crippen LogP contribution in [0.2, 0.25) is 0 Å². The fourth-order valence-corrected chi connectivity index (χ4v) is 5.27. The molecule has 4 rings (SSSR count). The highest BCUT2D eigenvalue weighted by atomic mass is 16.5. The van der Waals surface area contributed by atoms with E-state index in [-0.39, 0.29) is 17.4 Å². The molecule has 2 aromatic carbocycles. The average molecular weight is 521 g/mol. The number of aliphatic hydroxyl groups excluding tert-OH is 1. The van der Waals surface area contributed by atoms with Crippen molar-refractivity contribution in [3.8, 4) is 11.5 Å². The second-order valence-electron chi connectivity index (χ2n) is 10.1. The molecule has 1 saturated heterocycles. The van der Waals surface area contributed by atoms with Gasteiger partial charge < -0.3 is 24.4 Å². The van der Waals surface area contributed by atoms with E-state index in [4.69, 9.17) is 9.47 Å². The van der Waals surface area contributed by atoms with E-state index in [1.807, 2.05) is 43.3 Å². The third kappa shape index (κ3) is 5.88. The van der Waals surface area contributed by atoms with Gasteiger partial charge >= 0.3 is 0 Å². The number of amides is 1. The lowest BCUT2D eigenvalue weighted by molar-refractivity contribution is -0.140. The number of ether oxygens (including phenoxy) is 2. The van der Waals surface area contributed by atoms with Crippen molar-refractivity contribution < 1.29 is 24.2 Å². The maximum atomic E-state index is 13.4. The van der Waals surface area contributed by atoms with Crippen molar-refractivity contribution in [2.24, 2.45) is 0 Å². The maximum absolute atomic E-state index is 13.4. The van der Waals surface area contributed by atoms with E-state index in [2.05, 4.69) is 25.7 Å². The van der Waals surface area contributed by atoms with Crippen molar-refractivity contribution in [2.75, 3.05) is 32.8 Å². The third-order valence-electron chi connectivity index (χ3n) is 7.44. The molecule has 0 aliphatic carbocycles. The van der Waals surface area contributed by atoms with E-state index < -0.39 is 17.7 Å². The van der Waals surface area contributed by atoms with E-state index in [1.165, 1.54) is 0 Å². The van der Waals surface area contributed by atoms with Crippen LogP contribution in [-0.2, 0) is 16.0 Å². The summed E-state index contributed by atoms with van der Waals surface area (Å²) in [5.74, 6) is 0.168. The van der Waals surface area contributed by atoms with Gasteiger partial charge in [0.25, 0.3) is 11.7 Å². The Balaban J connectivity index is 1.69. The molecule has 0 unspecified atom stereocenters. The van der Waals surface area contributed by atoms with Crippen molar-refractivity contribution in [3.05, 3.63) is 64.7 Å². The van der Waals surface area contributed by atoms with Crippen molar-refractivity contribution >= 4 is 17.4 Å². The molecule has 0 saturated carbocycles. The quantitative estimate of drug-likeness (QED) is 0.176. The molecule has 7 nitrogen and oxygen atoms in total. The number of carbonyl (C=O) groups is 2. The summed E-state index contributed by atoms with van der Waals surface area (Å²) in [6.07, 6.45) is 3.56. The molecule has 2 heterocycles. The van der Waals surface area contributed by atoms with Gasteiger partial charge in [-0.3, -0.25) is 9.59 Å². The van der Waals surface area contributed by atoms with E-state index in [1.54, 1.807) is 11.0 Å². The zero-order chi connectivity index (χ0) is 27.2. The van der Waals surface area contributed by atoms with Crippen molar-refractivity contribution in [3.63, 3.8) is 0 Å². The summed E-state index contributed by atoms with van der Waals surface area (Å²) < 4.78 is 11.6. The van der Waals surface area contributed by atoms with Gasteiger partial charge in [-0.15, -0.1) is 0 Å². The van der Waals surface area contributed by atoms with Crippen LogP contribution >= 0.6 is 0 Å². The molecular formula is C31H40N2O5. The summed E-state index contributed by atoms with van der Waals surface area (Å²) in [6, 6.07) is 12.3. The number of benzene rings is 2. The second-order valence-corrected chi connectivity index (χ2v) is 10.1. The van der Waals surface area contributed by atoms with Crippen LogP contribution in [0.15, 0.2) is 48.0 Å². The standard InChI is InChI=1S/C31H40N2O5/c1-5-8-18-37-25-13-10-22(11-14-25)28-27(29(34)23-12-15-26-24(20-23)19-21(4)38-26)30(35)31(36)33(28)17-9-16-32(6-2)7-3/h10-15,20-21,28,34H,5-9,16-19H2,1-4H3/t21-,28-/m1/s1. The Morgan fingerprint density at radius 1 is 1.08 bits per heavy atom. The summed E-state index contributed by atoms with van der Waals surface area (Å²) in [7, 11) is 0. The van der Waals surface area contributed by atoms with Gasteiger partial charge in [-0.25, -0.2) is 0 Å². The molecule has 2 aliphatic rings. The average Bonchev–Trinajstić information content (AvgIpc) is 3.42. The molecule has 2 aliphatic heterocycles. The van der Waals surface area contributed by atoms with Crippen LogP contribution in [0, 0.1) is 0 Å². The topological polar surface area (TPSA) is 79.3 Å². The Morgan fingerprint density at radius 3 is 2.50 bits per heavy atom. The first-order chi connectivity index (χ1) is 18.4. The first-order valence-corrected chi connectivity index (χ1v) is 13.9. The Hall–Kier alpha value is -3.32.